The molecule has 0 saturated carbocycles. The van der Waals surface area contributed by atoms with Crippen molar-refractivity contribution in [2.45, 2.75) is 58.0 Å². The van der Waals surface area contributed by atoms with E-state index in [9.17, 15) is 0 Å². The Morgan fingerprint density at radius 1 is 1.15 bits per heavy atom. The van der Waals surface area contributed by atoms with E-state index in [2.05, 4.69) is 30.0 Å². The molecule has 1 aliphatic carbocycles. The summed E-state index contributed by atoms with van der Waals surface area (Å²) in [7, 11) is 0. The molecular weight excluding hydrogens is 244 g/mol. The van der Waals surface area contributed by atoms with Gasteiger partial charge in [0.2, 0.25) is 0 Å². The molecule has 0 amide bonds. The first kappa shape index (κ1) is 14.1. The van der Waals surface area contributed by atoms with Gasteiger partial charge >= 0.3 is 0 Å². The smallest absolute Gasteiger partial charge is 0.0234 e. The number of fused-ring (bicyclic) bond motifs is 1. The van der Waals surface area contributed by atoms with E-state index in [1.165, 1.54) is 50.6 Å². The number of benzene rings is 1. The Balaban J connectivity index is 1.67. The second-order valence-electron chi connectivity index (χ2n) is 6.77. The number of aryl methyl sites for hydroxylation is 2. The van der Waals surface area contributed by atoms with E-state index in [0.717, 1.165) is 19.0 Å². The van der Waals surface area contributed by atoms with E-state index in [-0.39, 0.29) is 0 Å². The molecule has 2 atom stereocenters. The molecule has 2 heteroatoms. The zero-order valence-corrected chi connectivity index (χ0v) is 12.8. The number of rotatable bonds is 3. The van der Waals surface area contributed by atoms with Crippen molar-refractivity contribution in [3.05, 3.63) is 34.9 Å². The Kier molecular flexibility index (Phi) is 4.42. The van der Waals surface area contributed by atoms with Gasteiger partial charge in [0, 0.05) is 25.7 Å². The second-order valence-corrected chi connectivity index (χ2v) is 6.77. The largest absolute Gasteiger partial charge is 0.327 e. The van der Waals surface area contributed by atoms with Crippen molar-refractivity contribution in [2.24, 2.45) is 11.7 Å². The fourth-order valence-corrected chi connectivity index (χ4v) is 3.92. The quantitative estimate of drug-likeness (QED) is 0.916. The van der Waals surface area contributed by atoms with Gasteiger partial charge < -0.3 is 5.73 Å². The highest BCUT2D eigenvalue weighted by molar-refractivity contribution is 5.33. The van der Waals surface area contributed by atoms with Crippen LogP contribution in [0.2, 0.25) is 0 Å². The first-order valence-electron chi connectivity index (χ1n) is 8.33. The first-order chi connectivity index (χ1) is 9.74. The zero-order valence-electron chi connectivity index (χ0n) is 12.8. The summed E-state index contributed by atoms with van der Waals surface area (Å²) in [4.78, 5) is 2.56. The maximum atomic E-state index is 6.21. The van der Waals surface area contributed by atoms with E-state index >= 15 is 0 Å². The molecule has 0 bridgehead atoms. The van der Waals surface area contributed by atoms with Crippen molar-refractivity contribution in [3.8, 4) is 0 Å². The normalized spacial score (nSPS) is 27.3. The number of nitrogens with zero attached hydrogens (tertiary/aromatic N) is 1. The molecule has 0 radical (unpaired) electrons. The number of hydrogen-bond acceptors (Lipinski definition) is 2. The SMILES string of the molecule is CCC1CC(N)CN(Cc2ccc3c(c2)CCCC3)C1. The average molecular weight is 272 g/mol. The summed E-state index contributed by atoms with van der Waals surface area (Å²) in [5.41, 5.74) is 10.9. The van der Waals surface area contributed by atoms with Crippen LogP contribution in [0.25, 0.3) is 0 Å². The maximum Gasteiger partial charge on any atom is 0.0234 e. The van der Waals surface area contributed by atoms with Gasteiger partial charge in [-0.1, -0.05) is 31.5 Å². The van der Waals surface area contributed by atoms with Crippen LogP contribution < -0.4 is 5.73 Å². The van der Waals surface area contributed by atoms with Crippen LogP contribution >= 0.6 is 0 Å². The molecule has 1 aliphatic heterocycles. The van der Waals surface area contributed by atoms with E-state index in [0.29, 0.717) is 6.04 Å². The standard InChI is InChI=1S/C18H28N2/c1-2-14-10-18(19)13-20(11-14)12-15-7-8-16-5-3-4-6-17(16)9-15/h7-9,14,18H,2-6,10-13,19H2,1H3. The van der Waals surface area contributed by atoms with Gasteiger partial charge in [-0.15, -0.1) is 0 Å². The molecule has 2 nitrogen and oxygen atoms in total. The van der Waals surface area contributed by atoms with Crippen molar-refractivity contribution >= 4 is 0 Å². The van der Waals surface area contributed by atoms with Crippen LogP contribution in [0.3, 0.4) is 0 Å². The third-order valence-electron chi connectivity index (χ3n) is 5.04. The molecule has 1 aromatic carbocycles. The number of likely N-dealkylation sites (tertiary alicyclic amines) is 1. The molecular formula is C18H28N2. The summed E-state index contributed by atoms with van der Waals surface area (Å²) in [6, 6.07) is 7.53. The van der Waals surface area contributed by atoms with E-state index in [4.69, 9.17) is 5.73 Å². The van der Waals surface area contributed by atoms with Gasteiger partial charge in [0.25, 0.3) is 0 Å². The summed E-state index contributed by atoms with van der Waals surface area (Å²) >= 11 is 0. The molecule has 2 N–H and O–H groups in total. The fourth-order valence-electron chi connectivity index (χ4n) is 3.92. The Bertz CT molecular complexity index is 455. The lowest BCUT2D eigenvalue weighted by Gasteiger charge is -2.36. The van der Waals surface area contributed by atoms with Crippen molar-refractivity contribution in [1.29, 1.82) is 0 Å². The van der Waals surface area contributed by atoms with Crippen LogP contribution in [0.5, 0.6) is 0 Å². The minimum atomic E-state index is 0.367. The fraction of sp³-hybridized carbons (Fsp3) is 0.667. The topological polar surface area (TPSA) is 29.3 Å². The number of hydrogen-bond donors (Lipinski definition) is 1. The molecule has 1 aromatic rings. The highest BCUT2D eigenvalue weighted by atomic mass is 15.1. The third kappa shape index (κ3) is 3.24. The van der Waals surface area contributed by atoms with Gasteiger partial charge in [0.05, 0.1) is 0 Å². The van der Waals surface area contributed by atoms with Crippen molar-refractivity contribution < 1.29 is 0 Å². The summed E-state index contributed by atoms with van der Waals surface area (Å²) < 4.78 is 0. The first-order valence-corrected chi connectivity index (χ1v) is 8.33. The molecule has 1 saturated heterocycles. The number of nitrogens with two attached hydrogens (primary N) is 1. The molecule has 110 valence electrons. The Hall–Kier alpha value is -0.860. The van der Waals surface area contributed by atoms with E-state index in [1.807, 2.05) is 0 Å². The van der Waals surface area contributed by atoms with Gasteiger partial charge in [0.15, 0.2) is 0 Å². The average Bonchev–Trinajstić information content (AvgIpc) is 2.46. The molecule has 2 unspecified atom stereocenters. The van der Waals surface area contributed by atoms with Gasteiger partial charge in [0.1, 0.15) is 0 Å². The summed E-state index contributed by atoms with van der Waals surface area (Å²) in [5, 5.41) is 0. The van der Waals surface area contributed by atoms with Crippen LogP contribution in [0.1, 0.15) is 49.3 Å². The highest BCUT2D eigenvalue weighted by Gasteiger charge is 2.24. The lowest BCUT2D eigenvalue weighted by molar-refractivity contribution is 0.147. The number of piperidine rings is 1. The highest BCUT2D eigenvalue weighted by Crippen LogP contribution is 2.24. The molecule has 2 aliphatic rings. The molecule has 1 heterocycles. The lowest BCUT2D eigenvalue weighted by Crippen LogP contribution is -2.46. The van der Waals surface area contributed by atoms with Crippen LogP contribution in [-0.4, -0.2) is 24.0 Å². The van der Waals surface area contributed by atoms with Crippen LogP contribution in [0.15, 0.2) is 18.2 Å². The van der Waals surface area contributed by atoms with Crippen molar-refractivity contribution in [2.75, 3.05) is 13.1 Å². The second kappa shape index (κ2) is 6.28. The van der Waals surface area contributed by atoms with Gasteiger partial charge in [-0.3, -0.25) is 4.90 Å². The zero-order chi connectivity index (χ0) is 13.9. The summed E-state index contributed by atoms with van der Waals surface area (Å²) in [6.07, 6.45) is 7.75. The van der Waals surface area contributed by atoms with Crippen LogP contribution in [0.4, 0.5) is 0 Å². The van der Waals surface area contributed by atoms with Crippen LogP contribution in [-0.2, 0) is 19.4 Å². The van der Waals surface area contributed by atoms with Gasteiger partial charge in [-0.25, -0.2) is 0 Å². The van der Waals surface area contributed by atoms with Crippen LogP contribution in [0, 0.1) is 5.92 Å². The van der Waals surface area contributed by atoms with Gasteiger partial charge in [-0.2, -0.15) is 0 Å². The predicted molar refractivity (Wildman–Crippen MR) is 84.7 cm³/mol. The molecule has 0 aromatic heterocycles. The molecule has 0 spiro atoms. The Morgan fingerprint density at radius 2 is 1.95 bits per heavy atom. The van der Waals surface area contributed by atoms with Crippen molar-refractivity contribution in [3.63, 3.8) is 0 Å². The minimum absolute atomic E-state index is 0.367. The third-order valence-corrected chi connectivity index (χ3v) is 5.04. The minimum Gasteiger partial charge on any atom is -0.327 e. The lowest BCUT2D eigenvalue weighted by atomic mass is 9.89. The summed E-state index contributed by atoms with van der Waals surface area (Å²) in [6.45, 7) is 5.66. The van der Waals surface area contributed by atoms with Crippen molar-refractivity contribution in [1.82, 2.24) is 4.90 Å². The van der Waals surface area contributed by atoms with Gasteiger partial charge in [-0.05, 0) is 54.7 Å². The van der Waals surface area contributed by atoms with E-state index in [1.54, 1.807) is 11.1 Å². The predicted octanol–water partition coefficient (Wildman–Crippen LogP) is 3.12. The summed E-state index contributed by atoms with van der Waals surface area (Å²) in [5.74, 6) is 0.788. The van der Waals surface area contributed by atoms with E-state index < -0.39 is 0 Å². The maximum absolute atomic E-state index is 6.21. The monoisotopic (exact) mass is 272 g/mol. The Labute approximate surface area is 123 Å². The molecule has 3 rings (SSSR count). The molecule has 1 fully saturated rings. The molecule has 20 heavy (non-hydrogen) atoms. The Morgan fingerprint density at radius 3 is 2.75 bits per heavy atom.